The Morgan fingerprint density at radius 2 is 2.00 bits per heavy atom. The van der Waals surface area contributed by atoms with Gasteiger partial charge in [0, 0.05) is 13.0 Å². The summed E-state index contributed by atoms with van der Waals surface area (Å²) in [6.45, 7) is 6.49. The topological polar surface area (TPSA) is 49.3 Å². The van der Waals surface area contributed by atoms with Gasteiger partial charge in [0.05, 0.1) is 0 Å². The summed E-state index contributed by atoms with van der Waals surface area (Å²) in [5.41, 5.74) is 0.361. The van der Waals surface area contributed by atoms with Crippen LogP contribution in [0.2, 0.25) is 0 Å². The zero-order valence-corrected chi connectivity index (χ0v) is 10.6. The quantitative estimate of drug-likeness (QED) is 0.657. The number of carboxylic acid groups (broad SMARTS) is 1. The van der Waals surface area contributed by atoms with Crippen LogP contribution in [0.15, 0.2) is 0 Å². The highest BCUT2D eigenvalue weighted by molar-refractivity contribution is 5.66. The summed E-state index contributed by atoms with van der Waals surface area (Å²) in [5, 5.41) is 11.9. The van der Waals surface area contributed by atoms with E-state index in [2.05, 4.69) is 19.2 Å². The Morgan fingerprint density at radius 1 is 1.38 bits per heavy atom. The van der Waals surface area contributed by atoms with Gasteiger partial charge in [0.25, 0.3) is 0 Å². The minimum Gasteiger partial charge on any atom is -0.481 e. The lowest BCUT2D eigenvalue weighted by Gasteiger charge is -2.32. The van der Waals surface area contributed by atoms with Crippen LogP contribution >= 0.6 is 0 Å². The standard InChI is InChI=1S/C13H25NO2/c1-13(2,11-6-3-4-7-11)10-14-9-5-8-12(15)16/h11,14H,3-10H2,1-2H3,(H,15,16). The van der Waals surface area contributed by atoms with E-state index in [-0.39, 0.29) is 6.42 Å². The van der Waals surface area contributed by atoms with Crippen molar-refractivity contribution in [2.75, 3.05) is 13.1 Å². The minimum absolute atomic E-state index is 0.275. The molecule has 0 heterocycles. The van der Waals surface area contributed by atoms with Crippen molar-refractivity contribution in [3.8, 4) is 0 Å². The molecule has 1 saturated carbocycles. The molecule has 0 aromatic heterocycles. The summed E-state index contributed by atoms with van der Waals surface area (Å²) in [5.74, 6) is 0.149. The molecule has 0 bridgehead atoms. The van der Waals surface area contributed by atoms with Gasteiger partial charge < -0.3 is 10.4 Å². The van der Waals surface area contributed by atoms with E-state index in [1.54, 1.807) is 0 Å². The Labute approximate surface area is 98.6 Å². The van der Waals surface area contributed by atoms with Crippen molar-refractivity contribution in [3.63, 3.8) is 0 Å². The predicted molar refractivity (Wildman–Crippen MR) is 65.5 cm³/mol. The molecular weight excluding hydrogens is 202 g/mol. The maximum Gasteiger partial charge on any atom is 0.303 e. The lowest BCUT2D eigenvalue weighted by molar-refractivity contribution is -0.137. The van der Waals surface area contributed by atoms with Crippen LogP contribution in [-0.4, -0.2) is 24.2 Å². The van der Waals surface area contributed by atoms with Crippen LogP contribution in [0.4, 0.5) is 0 Å². The highest BCUT2D eigenvalue weighted by atomic mass is 16.4. The summed E-state index contributed by atoms with van der Waals surface area (Å²) in [7, 11) is 0. The highest BCUT2D eigenvalue weighted by Gasteiger charge is 2.31. The van der Waals surface area contributed by atoms with Crippen molar-refractivity contribution in [2.45, 2.75) is 52.4 Å². The Bertz CT molecular complexity index is 220. The minimum atomic E-state index is -0.697. The second-order valence-electron chi connectivity index (χ2n) is 5.64. The Hall–Kier alpha value is -0.570. The van der Waals surface area contributed by atoms with Gasteiger partial charge in [0.2, 0.25) is 0 Å². The van der Waals surface area contributed by atoms with E-state index in [9.17, 15) is 4.79 Å². The van der Waals surface area contributed by atoms with Crippen LogP contribution in [0.25, 0.3) is 0 Å². The molecular formula is C13H25NO2. The van der Waals surface area contributed by atoms with Gasteiger partial charge in [-0.2, -0.15) is 0 Å². The first-order valence-corrected chi connectivity index (χ1v) is 6.45. The number of nitrogens with one attached hydrogen (secondary N) is 1. The number of carbonyl (C=O) groups is 1. The molecule has 0 aromatic rings. The third kappa shape index (κ3) is 4.52. The van der Waals surface area contributed by atoms with Crippen LogP contribution in [0.5, 0.6) is 0 Å². The SMILES string of the molecule is CC(C)(CNCCCC(=O)O)C1CCCC1. The Morgan fingerprint density at radius 3 is 2.56 bits per heavy atom. The molecule has 0 amide bonds. The number of hydrogen-bond acceptors (Lipinski definition) is 2. The molecule has 94 valence electrons. The molecule has 3 heteroatoms. The molecule has 1 aliphatic carbocycles. The van der Waals surface area contributed by atoms with E-state index >= 15 is 0 Å². The van der Waals surface area contributed by atoms with Gasteiger partial charge in [0.15, 0.2) is 0 Å². The van der Waals surface area contributed by atoms with Crippen molar-refractivity contribution in [1.82, 2.24) is 5.32 Å². The normalized spacial score (nSPS) is 17.9. The fraction of sp³-hybridized carbons (Fsp3) is 0.923. The molecule has 0 spiro atoms. The largest absolute Gasteiger partial charge is 0.481 e. The first-order chi connectivity index (χ1) is 7.52. The predicted octanol–water partition coefficient (Wildman–Crippen LogP) is 2.66. The Balaban J connectivity index is 2.12. The van der Waals surface area contributed by atoms with Gasteiger partial charge in [-0.25, -0.2) is 0 Å². The van der Waals surface area contributed by atoms with Gasteiger partial charge in [0.1, 0.15) is 0 Å². The maximum absolute atomic E-state index is 10.3. The molecule has 16 heavy (non-hydrogen) atoms. The first-order valence-electron chi connectivity index (χ1n) is 6.45. The molecule has 1 aliphatic rings. The second kappa shape index (κ2) is 6.24. The third-order valence-electron chi connectivity index (χ3n) is 3.79. The molecule has 1 fully saturated rings. The summed E-state index contributed by atoms with van der Waals surface area (Å²) in [6.07, 6.45) is 6.50. The maximum atomic E-state index is 10.3. The van der Waals surface area contributed by atoms with E-state index in [4.69, 9.17) is 5.11 Å². The average Bonchev–Trinajstić information content (AvgIpc) is 2.69. The molecule has 2 N–H and O–H groups in total. The highest BCUT2D eigenvalue weighted by Crippen LogP contribution is 2.38. The number of hydrogen-bond donors (Lipinski definition) is 2. The number of aliphatic carboxylic acids is 1. The van der Waals surface area contributed by atoms with Crippen LogP contribution in [0, 0.1) is 11.3 Å². The molecule has 3 nitrogen and oxygen atoms in total. The summed E-state index contributed by atoms with van der Waals surface area (Å²) in [6, 6.07) is 0. The van der Waals surface area contributed by atoms with Gasteiger partial charge in [-0.3, -0.25) is 4.79 Å². The molecule has 0 radical (unpaired) electrons. The second-order valence-corrected chi connectivity index (χ2v) is 5.64. The summed E-state index contributed by atoms with van der Waals surface area (Å²) < 4.78 is 0. The molecule has 1 rings (SSSR count). The van der Waals surface area contributed by atoms with Crippen molar-refractivity contribution in [1.29, 1.82) is 0 Å². The monoisotopic (exact) mass is 227 g/mol. The third-order valence-corrected chi connectivity index (χ3v) is 3.79. The zero-order valence-electron chi connectivity index (χ0n) is 10.6. The molecule has 0 unspecified atom stereocenters. The van der Waals surface area contributed by atoms with Crippen molar-refractivity contribution in [3.05, 3.63) is 0 Å². The molecule has 0 aromatic carbocycles. The van der Waals surface area contributed by atoms with E-state index in [1.807, 2.05) is 0 Å². The van der Waals surface area contributed by atoms with E-state index in [0.29, 0.717) is 5.41 Å². The summed E-state index contributed by atoms with van der Waals surface area (Å²) in [4.78, 5) is 10.3. The average molecular weight is 227 g/mol. The lowest BCUT2D eigenvalue weighted by Crippen LogP contribution is -2.35. The van der Waals surface area contributed by atoms with Crippen LogP contribution in [0.1, 0.15) is 52.4 Å². The molecule has 0 atom stereocenters. The van der Waals surface area contributed by atoms with Gasteiger partial charge in [-0.1, -0.05) is 26.7 Å². The smallest absolute Gasteiger partial charge is 0.303 e. The molecule has 0 saturated heterocycles. The van der Waals surface area contributed by atoms with Gasteiger partial charge >= 0.3 is 5.97 Å². The fourth-order valence-corrected chi connectivity index (χ4v) is 2.63. The van der Waals surface area contributed by atoms with E-state index in [0.717, 1.165) is 25.4 Å². The summed E-state index contributed by atoms with van der Waals surface area (Å²) >= 11 is 0. The zero-order chi connectivity index (χ0) is 12.0. The number of rotatable bonds is 7. The van der Waals surface area contributed by atoms with Gasteiger partial charge in [-0.15, -0.1) is 0 Å². The Kier molecular flexibility index (Phi) is 5.26. The van der Waals surface area contributed by atoms with Crippen molar-refractivity contribution >= 4 is 5.97 Å². The first kappa shape index (κ1) is 13.5. The fourth-order valence-electron chi connectivity index (χ4n) is 2.63. The van der Waals surface area contributed by atoms with Crippen LogP contribution < -0.4 is 5.32 Å². The van der Waals surface area contributed by atoms with Crippen molar-refractivity contribution < 1.29 is 9.90 Å². The van der Waals surface area contributed by atoms with E-state index < -0.39 is 5.97 Å². The number of carboxylic acids is 1. The van der Waals surface area contributed by atoms with Crippen molar-refractivity contribution in [2.24, 2.45) is 11.3 Å². The lowest BCUT2D eigenvalue weighted by atomic mass is 9.78. The van der Waals surface area contributed by atoms with E-state index in [1.165, 1.54) is 25.7 Å². The van der Waals surface area contributed by atoms with Crippen LogP contribution in [0.3, 0.4) is 0 Å². The molecule has 0 aliphatic heterocycles. The van der Waals surface area contributed by atoms with Gasteiger partial charge in [-0.05, 0) is 37.1 Å². The van der Waals surface area contributed by atoms with Crippen LogP contribution in [-0.2, 0) is 4.79 Å².